The Morgan fingerprint density at radius 1 is 0.489 bits per heavy atom. The van der Waals surface area contributed by atoms with Crippen LogP contribution < -0.4 is 10.9 Å². The van der Waals surface area contributed by atoms with Gasteiger partial charge in [0.1, 0.15) is 0 Å². The topological polar surface area (TPSA) is 41.9 Å². The third-order valence-electron chi connectivity index (χ3n) is 10.8. The highest BCUT2D eigenvalue weighted by Crippen LogP contribution is 2.40. The van der Waals surface area contributed by atoms with Crippen LogP contribution in [0.5, 0.6) is 0 Å². The lowest BCUT2D eigenvalue weighted by Gasteiger charge is -2.32. The molecule has 0 radical (unpaired) electrons. The molecule has 2 fully saturated rings. The molecule has 0 bridgehead atoms. The van der Waals surface area contributed by atoms with Gasteiger partial charge in [-0.15, -0.1) is 0 Å². The van der Waals surface area contributed by atoms with Crippen LogP contribution in [0.3, 0.4) is 0 Å². The molecule has 2 saturated heterocycles. The average molecular weight is 607 g/mol. The minimum Gasteiger partial charge on any atom is -0.399 e. The summed E-state index contributed by atoms with van der Waals surface area (Å²) in [4.78, 5) is 0. The first-order valence-corrected chi connectivity index (χ1v) is 16.5. The molecule has 0 unspecified atom stereocenters. The molecule has 0 amide bonds. The standard InChI is InChI=1S/C38H51B2NO4/c1-33(2,3)24-15-17-31-29(19-24)30-20-25(34(4,5)6)16-18-32(30)41(31)28-22-26(39-42-35(7,8)36(9,10)43-39)21-27(23-28)40-44-37(11,12)38(13,14)45-40/h15-23H,1-14H3. The van der Waals surface area contributed by atoms with Crippen LogP contribution >= 0.6 is 0 Å². The van der Waals surface area contributed by atoms with Gasteiger partial charge in [-0.3, -0.25) is 0 Å². The predicted molar refractivity (Wildman–Crippen MR) is 190 cm³/mol. The van der Waals surface area contributed by atoms with Gasteiger partial charge in [0, 0.05) is 16.5 Å². The van der Waals surface area contributed by atoms with Crippen LogP contribution in [-0.4, -0.2) is 41.2 Å². The Kier molecular flexibility index (Phi) is 7.17. The van der Waals surface area contributed by atoms with Crippen LogP contribution in [0, 0.1) is 0 Å². The van der Waals surface area contributed by atoms with Gasteiger partial charge >= 0.3 is 14.2 Å². The largest absolute Gasteiger partial charge is 0.494 e. The number of fused-ring (bicyclic) bond motifs is 3. The SMILES string of the molecule is CC(C)(C)c1ccc2c(c1)c1cc(C(C)(C)C)ccc1n2-c1cc(B2OC(C)(C)C(C)(C)O2)cc(B2OC(C)(C)C(C)(C)O2)c1. The number of hydrogen-bond acceptors (Lipinski definition) is 4. The zero-order valence-corrected chi connectivity index (χ0v) is 29.9. The van der Waals surface area contributed by atoms with Crippen LogP contribution in [0.2, 0.25) is 0 Å². The molecule has 0 aliphatic carbocycles. The summed E-state index contributed by atoms with van der Waals surface area (Å²) in [7, 11) is -1.05. The summed E-state index contributed by atoms with van der Waals surface area (Å²) in [6.45, 7) is 30.4. The van der Waals surface area contributed by atoms with E-state index in [0.717, 1.165) is 27.6 Å². The highest BCUT2D eigenvalue weighted by Gasteiger charge is 2.54. The number of aromatic nitrogens is 1. The van der Waals surface area contributed by atoms with E-state index in [0.29, 0.717) is 0 Å². The Balaban J connectivity index is 1.62. The Bertz CT molecular complexity index is 1650. The van der Waals surface area contributed by atoms with Crippen LogP contribution in [0.4, 0.5) is 0 Å². The molecule has 4 aromatic rings. The highest BCUT2D eigenvalue weighted by molar-refractivity contribution is 6.66. The average Bonchev–Trinajstić information content (AvgIpc) is 3.43. The molecule has 0 spiro atoms. The Morgan fingerprint density at radius 3 is 1.13 bits per heavy atom. The molecule has 5 nitrogen and oxygen atoms in total. The fourth-order valence-electron chi connectivity index (χ4n) is 6.25. The quantitative estimate of drug-likeness (QED) is 0.222. The minimum absolute atomic E-state index is 0.0326. The maximum atomic E-state index is 6.59. The third-order valence-corrected chi connectivity index (χ3v) is 10.8. The first-order chi connectivity index (χ1) is 20.5. The van der Waals surface area contributed by atoms with Crippen molar-refractivity contribution in [3.63, 3.8) is 0 Å². The van der Waals surface area contributed by atoms with E-state index in [1.807, 2.05) is 0 Å². The monoisotopic (exact) mass is 607 g/mol. The molecule has 1 aromatic heterocycles. The smallest absolute Gasteiger partial charge is 0.399 e. The van der Waals surface area contributed by atoms with Gasteiger partial charge in [0.15, 0.2) is 0 Å². The molecule has 0 saturated carbocycles. The summed E-state index contributed by atoms with van der Waals surface area (Å²) in [6, 6.07) is 20.4. The zero-order chi connectivity index (χ0) is 33.1. The van der Waals surface area contributed by atoms with Crippen molar-refractivity contribution in [1.29, 1.82) is 0 Å². The van der Waals surface area contributed by atoms with E-state index in [1.54, 1.807) is 0 Å². The summed E-state index contributed by atoms with van der Waals surface area (Å²) in [6.07, 6.45) is 0. The number of nitrogens with zero attached hydrogens (tertiary/aromatic N) is 1. The van der Waals surface area contributed by atoms with E-state index in [1.165, 1.54) is 21.9 Å². The summed E-state index contributed by atoms with van der Waals surface area (Å²) >= 11 is 0. The van der Waals surface area contributed by atoms with Gasteiger partial charge < -0.3 is 23.2 Å². The lowest BCUT2D eigenvalue weighted by molar-refractivity contribution is 0.00578. The Morgan fingerprint density at radius 2 is 0.822 bits per heavy atom. The van der Waals surface area contributed by atoms with E-state index < -0.39 is 36.6 Å². The maximum Gasteiger partial charge on any atom is 0.494 e. The van der Waals surface area contributed by atoms with Crippen molar-refractivity contribution in [2.75, 3.05) is 0 Å². The van der Waals surface area contributed by atoms with Gasteiger partial charge in [-0.25, -0.2) is 0 Å². The maximum absolute atomic E-state index is 6.59. The molecule has 3 aromatic carbocycles. The first-order valence-electron chi connectivity index (χ1n) is 16.5. The van der Waals surface area contributed by atoms with Crippen LogP contribution in [0.25, 0.3) is 27.5 Å². The summed E-state index contributed by atoms with van der Waals surface area (Å²) in [5, 5.41) is 2.50. The second-order valence-electron chi connectivity index (χ2n) is 17.3. The van der Waals surface area contributed by atoms with Crippen LogP contribution in [-0.2, 0) is 29.4 Å². The first kappa shape index (κ1) is 32.4. The normalized spacial score (nSPS) is 20.9. The molecule has 0 atom stereocenters. The van der Waals surface area contributed by atoms with Crippen LogP contribution in [0.1, 0.15) is 108 Å². The predicted octanol–water partition coefficient (Wildman–Crippen LogP) is 7.98. The Hall–Kier alpha value is -2.57. The molecular weight excluding hydrogens is 556 g/mol. The lowest BCUT2D eigenvalue weighted by atomic mass is 9.71. The third kappa shape index (κ3) is 5.38. The van der Waals surface area contributed by atoms with E-state index in [2.05, 4.69) is 156 Å². The van der Waals surface area contributed by atoms with Crippen molar-refractivity contribution >= 4 is 47.0 Å². The highest BCUT2D eigenvalue weighted by atomic mass is 16.7. The lowest BCUT2D eigenvalue weighted by Crippen LogP contribution is -2.41. The van der Waals surface area contributed by atoms with Crippen molar-refractivity contribution in [2.45, 2.75) is 130 Å². The van der Waals surface area contributed by atoms with E-state index in [9.17, 15) is 0 Å². The van der Waals surface area contributed by atoms with Gasteiger partial charge in [-0.2, -0.15) is 0 Å². The number of benzene rings is 3. The van der Waals surface area contributed by atoms with Gasteiger partial charge in [-0.1, -0.05) is 59.7 Å². The molecule has 7 heteroatoms. The van der Waals surface area contributed by atoms with Crippen molar-refractivity contribution in [3.05, 3.63) is 65.7 Å². The van der Waals surface area contributed by atoms with Gasteiger partial charge in [0.2, 0.25) is 0 Å². The second-order valence-corrected chi connectivity index (χ2v) is 17.3. The molecule has 6 rings (SSSR count). The molecular formula is C38H51B2NO4. The number of rotatable bonds is 3. The minimum atomic E-state index is -0.524. The fraction of sp³-hybridized carbons (Fsp3) is 0.526. The zero-order valence-electron chi connectivity index (χ0n) is 29.9. The van der Waals surface area contributed by atoms with E-state index >= 15 is 0 Å². The van der Waals surface area contributed by atoms with Crippen molar-refractivity contribution < 1.29 is 18.6 Å². The van der Waals surface area contributed by atoms with E-state index in [4.69, 9.17) is 18.6 Å². The Labute approximate surface area is 271 Å². The molecule has 45 heavy (non-hydrogen) atoms. The van der Waals surface area contributed by atoms with Gasteiger partial charge in [-0.05, 0) is 125 Å². The molecule has 238 valence electrons. The van der Waals surface area contributed by atoms with Crippen molar-refractivity contribution in [3.8, 4) is 5.69 Å². The summed E-state index contributed by atoms with van der Waals surface area (Å²) in [5.41, 5.74) is 6.11. The second kappa shape index (κ2) is 9.97. The molecule has 3 heterocycles. The molecule has 0 N–H and O–H groups in total. The van der Waals surface area contributed by atoms with Gasteiger partial charge in [0.25, 0.3) is 0 Å². The van der Waals surface area contributed by atoms with Crippen molar-refractivity contribution in [2.24, 2.45) is 0 Å². The van der Waals surface area contributed by atoms with E-state index in [-0.39, 0.29) is 10.8 Å². The summed E-state index contributed by atoms with van der Waals surface area (Å²) in [5.74, 6) is 0. The summed E-state index contributed by atoms with van der Waals surface area (Å²) < 4.78 is 28.7. The van der Waals surface area contributed by atoms with Crippen LogP contribution in [0.15, 0.2) is 54.6 Å². The molecule has 2 aliphatic rings. The number of hydrogen-bond donors (Lipinski definition) is 0. The van der Waals surface area contributed by atoms with Crippen molar-refractivity contribution in [1.82, 2.24) is 4.57 Å². The molecule has 2 aliphatic heterocycles. The fourth-order valence-corrected chi connectivity index (χ4v) is 6.25. The van der Waals surface area contributed by atoms with Gasteiger partial charge in [0.05, 0.1) is 33.4 Å².